The molecule has 0 radical (unpaired) electrons. The molecule has 0 spiro atoms. The third-order valence-corrected chi connectivity index (χ3v) is 6.99. The van der Waals surface area contributed by atoms with E-state index in [1.807, 2.05) is 19.1 Å². The molecule has 0 atom stereocenters. The Morgan fingerprint density at radius 1 is 1.07 bits per heavy atom. The van der Waals surface area contributed by atoms with Crippen molar-refractivity contribution in [2.75, 3.05) is 24.6 Å². The van der Waals surface area contributed by atoms with Gasteiger partial charge in [-0.2, -0.15) is 0 Å². The third-order valence-electron chi connectivity index (χ3n) is 5.32. The molecule has 1 aromatic carbocycles. The first-order chi connectivity index (χ1) is 13.4. The summed E-state index contributed by atoms with van der Waals surface area (Å²) >= 11 is 10.9. The number of hydrogen-bond acceptors (Lipinski definition) is 4. The molecule has 8 heteroatoms. The van der Waals surface area contributed by atoms with Crippen molar-refractivity contribution < 1.29 is 5.11 Å². The first-order valence-electron chi connectivity index (χ1n) is 9.26. The summed E-state index contributed by atoms with van der Waals surface area (Å²) in [6.45, 7) is 6.15. The second kappa shape index (κ2) is 8.05. The largest absolute Gasteiger partial charge is 0.396 e. The van der Waals surface area contributed by atoms with E-state index in [0.717, 1.165) is 73.3 Å². The molecular weight excluding hydrogens is 552 g/mol. The Morgan fingerprint density at radius 2 is 1.71 bits per heavy atom. The molecule has 1 fully saturated rings. The second-order valence-electron chi connectivity index (χ2n) is 7.31. The smallest absolute Gasteiger partial charge is 0.150 e. The Kier molecular flexibility index (Phi) is 5.84. The van der Waals surface area contributed by atoms with Gasteiger partial charge in [-0.15, -0.1) is 0 Å². The predicted octanol–water partition coefficient (Wildman–Crippen LogP) is 5.53. The van der Waals surface area contributed by atoms with Gasteiger partial charge < -0.3 is 10.0 Å². The molecule has 1 N–H and O–H groups in total. The number of anilines is 1. The highest BCUT2D eigenvalue weighted by molar-refractivity contribution is 9.11. The molecule has 1 saturated heterocycles. The lowest BCUT2D eigenvalue weighted by Gasteiger charge is -2.32. The lowest BCUT2D eigenvalue weighted by Crippen LogP contribution is -2.35. The molecule has 0 amide bonds. The summed E-state index contributed by atoms with van der Waals surface area (Å²) in [4.78, 5) is 11.9. The summed E-state index contributed by atoms with van der Waals surface area (Å²) < 4.78 is 5.09. The highest BCUT2D eigenvalue weighted by Crippen LogP contribution is 2.38. The number of halogens is 3. The van der Waals surface area contributed by atoms with Crippen molar-refractivity contribution in [2.24, 2.45) is 5.92 Å². The summed E-state index contributed by atoms with van der Waals surface area (Å²) in [6, 6.07) is 4.08. The van der Waals surface area contributed by atoms with Gasteiger partial charge >= 0.3 is 0 Å². The van der Waals surface area contributed by atoms with E-state index >= 15 is 0 Å². The third kappa shape index (κ3) is 3.64. The summed E-state index contributed by atoms with van der Waals surface area (Å²) in [7, 11) is 0. The standard InChI is InChI=1S/C20H21Br3N4O/c1-11-9-27(18-15(22)7-14(21)8-16(18)23)20-17(11)19(24-12(2)25-20)26-5-3-13(10-28)4-6-26/h7-9,13,28H,3-6,10H2,1-2H3. The number of aliphatic hydroxyl groups excluding tert-OH is 1. The molecule has 0 saturated carbocycles. The first kappa shape index (κ1) is 20.3. The number of piperidine rings is 1. The number of fused-ring (bicyclic) bond motifs is 1. The van der Waals surface area contributed by atoms with Crippen LogP contribution in [0.4, 0.5) is 5.82 Å². The molecule has 28 heavy (non-hydrogen) atoms. The van der Waals surface area contributed by atoms with Gasteiger partial charge in [0, 0.05) is 39.3 Å². The number of hydrogen-bond donors (Lipinski definition) is 1. The van der Waals surface area contributed by atoms with E-state index in [2.05, 4.69) is 70.4 Å². The normalized spacial score (nSPS) is 15.6. The number of aryl methyl sites for hydroxylation is 2. The molecule has 3 aromatic rings. The predicted molar refractivity (Wildman–Crippen MR) is 123 cm³/mol. The molecule has 148 valence electrons. The molecular formula is C20H21Br3N4O. The molecule has 0 bridgehead atoms. The Bertz CT molecular complexity index is 1020. The maximum atomic E-state index is 9.45. The zero-order valence-electron chi connectivity index (χ0n) is 15.7. The van der Waals surface area contributed by atoms with Crippen LogP contribution in [0.3, 0.4) is 0 Å². The van der Waals surface area contributed by atoms with Crippen LogP contribution in [-0.2, 0) is 0 Å². The molecule has 1 aliphatic heterocycles. The number of benzene rings is 1. The average molecular weight is 573 g/mol. The summed E-state index contributed by atoms with van der Waals surface area (Å²) in [5.74, 6) is 2.16. The van der Waals surface area contributed by atoms with Crippen molar-refractivity contribution in [3.63, 3.8) is 0 Å². The van der Waals surface area contributed by atoms with Crippen LogP contribution in [0.5, 0.6) is 0 Å². The average Bonchev–Trinajstić information content (AvgIpc) is 2.96. The molecule has 3 heterocycles. The van der Waals surface area contributed by atoms with Gasteiger partial charge in [0.1, 0.15) is 11.6 Å². The number of aromatic nitrogens is 3. The van der Waals surface area contributed by atoms with Gasteiger partial charge in [-0.1, -0.05) is 15.9 Å². The lowest BCUT2D eigenvalue weighted by atomic mass is 9.98. The van der Waals surface area contributed by atoms with Gasteiger partial charge in [0.2, 0.25) is 0 Å². The SMILES string of the molecule is Cc1nc(N2CCC(CO)CC2)c2c(C)cn(-c3c(Br)cc(Br)cc3Br)c2n1. The van der Waals surface area contributed by atoms with Gasteiger partial charge in [0.15, 0.2) is 5.65 Å². The quantitative estimate of drug-likeness (QED) is 0.448. The Balaban J connectivity index is 1.88. The lowest BCUT2D eigenvalue weighted by molar-refractivity contribution is 0.203. The maximum Gasteiger partial charge on any atom is 0.150 e. The van der Waals surface area contributed by atoms with Crippen LogP contribution in [0.25, 0.3) is 16.7 Å². The van der Waals surface area contributed by atoms with Crippen molar-refractivity contribution >= 4 is 64.6 Å². The van der Waals surface area contributed by atoms with Crippen molar-refractivity contribution in [1.82, 2.24) is 14.5 Å². The topological polar surface area (TPSA) is 54.2 Å². The van der Waals surface area contributed by atoms with E-state index in [9.17, 15) is 5.11 Å². The highest BCUT2D eigenvalue weighted by atomic mass is 79.9. The van der Waals surface area contributed by atoms with Gasteiger partial charge in [-0.05, 0) is 82.2 Å². The second-order valence-corrected chi connectivity index (χ2v) is 9.93. The van der Waals surface area contributed by atoms with E-state index in [-0.39, 0.29) is 6.61 Å². The maximum absolute atomic E-state index is 9.45. The Hall–Kier alpha value is -0.960. The molecule has 0 aliphatic carbocycles. The van der Waals surface area contributed by atoms with Gasteiger partial charge in [0.25, 0.3) is 0 Å². The number of rotatable bonds is 3. The van der Waals surface area contributed by atoms with Crippen LogP contribution in [0, 0.1) is 19.8 Å². The molecule has 4 rings (SSSR count). The number of aliphatic hydroxyl groups is 1. The summed E-state index contributed by atoms with van der Waals surface area (Å²) in [6.07, 6.45) is 4.11. The minimum Gasteiger partial charge on any atom is -0.396 e. The van der Waals surface area contributed by atoms with Crippen LogP contribution >= 0.6 is 47.8 Å². The van der Waals surface area contributed by atoms with E-state index < -0.39 is 0 Å². The van der Waals surface area contributed by atoms with Crippen molar-refractivity contribution in [3.8, 4) is 5.69 Å². The summed E-state index contributed by atoms with van der Waals surface area (Å²) in [5.41, 5.74) is 3.08. The summed E-state index contributed by atoms with van der Waals surface area (Å²) in [5, 5.41) is 10.5. The number of nitrogens with zero attached hydrogens (tertiary/aromatic N) is 4. The van der Waals surface area contributed by atoms with Gasteiger partial charge in [-0.25, -0.2) is 9.97 Å². The minimum atomic E-state index is 0.271. The minimum absolute atomic E-state index is 0.271. The van der Waals surface area contributed by atoms with Crippen LogP contribution in [0.15, 0.2) is 31.7 Å². The fourth-order valence-electron chi connectivity index (χ4n) is 3.88. The zero-order chi connectivity index (χ0) is 20.0. The van der Waals surface area contributed by atoms with Gasteiger partial charge in [0.05, 0.1) is 11.1 Å². The van der Waals surface area contributed by atoms with Crippen LogP contribution in [0.2, 0.25) is 0 Å². The van der Waals surface area contributed by atoms with Gasteiger partial charge in [-0.3, -0.25) is 4.57 Å². The van der Waals surface area contributed by atoms with Crippen molar-refractivity contribution in [2.45, 2.75) is 26.7 Å². The van der Waals surface area contributed by atoms with E-state index in [0.29, 0.717) is 5.92 Å². The van der Waals surface area contributed by atoms with E-state index in [4.69, 9.17) is 9.97 Å². The van der Waals surface area contributed by atoms with Crippen LogP contribution in [-0.4, -0.2) is 39.3 Å². The van der Waals surface area contributed by atoms with E-state index in [1.54, 1.807) is 0 Å². The Morgan fingerprint density at radius 3 is 2.32 bits per heavy atom. The van der Waals surface area contributed by atoms with Crippen LogP contribution < -0.4 is 4.90 Å². The van der Waals surface area contributed by atoms with Crippen LogP contribution in [0.1, 0.15) is 24.2 Å². The monoisotopic (exact) mass is 570 g/mol. The first-order valence-corrected chi connectivity index (χ1v) is 11.6. The highest BCUT2D eigenvalue weighted by Gasteiger charge is 2.24. The molecule has 2 aromatic heterocycles. The van der Waals surface area contributed by atoms with Crippen molar-refractivity contribution in [1.29, 1.82) is 0 Å². The van der Waals surface area contributed by atoms with Crippen molar-refractivity contribution in [3.05, 3.63) is 43.1 Å². The zero-order valence-corrected chi connectivity index (χ0v) is 20.5. The van der Waals surface area contributed by atoms with E-state index in [1.165, 1.54) is 0 Å². The molecule has 5 nitrogen and oxygen atoms in total. The fraction of sp³-hybridized carbons (Fsp3) is 0.400. The molecule has 1 aliphatic rings. The molecule has 0 unspecified atom stereocenters. The fourth-order valence-corrected chi connectivity index (χ4v) is 6.52. The Labute approximate surface area is 189 Å².